The molecule has 3 aliphatic heterocycles. The van der Waals surface area contributed by atoms with Gasteiger partial charge in [-0.15, -0.1) is 0 Å². The molecular formula is C18H18N2O2. The van der Waals surface area contributed by atoms with Crippen molar-refractivity contribution in [3.05, 3.63) is 71.8 Å². The number of aliphatic hydroxyl groups excluding tert-OH is 1. The molecular weight excluding hydrogens is 276 g/mol. The fraction of sp³-hybridized carbons (Fsp3) is 0.333. The lowest BCUT2D eigenvalue weighted by atomic mass is 10.1. The second-order valence-electron chi connectivity index (χ2n) is 6.29. The number of fused-ring (bicyclic) bond motifs is 1. The van der Waals surface area contributed by atoms with Crippen molar-refractivity contribution in [2.45, 2.75) is 36.7 Å². The van der Waals surface area contributed by atoms with Gasteiger partial charge in [-0.05, 0) is 11.1 Å². The Hall–Kier alpha value is -1.72. The molecule has 0 aromatic heterocycles. The van der Waals surface area contributed by atoms with Crippen LogP contribution < -0.4 is 5.32 Å². The van der Waals surface area contributed by atoms with Gasteiger partial charge in [0, 0.05) is 0 Å². The second-order valence-corrected chi connectivity index (χ2v) is 6.29. The molecule has 0 aliphatic carbocycles. The summed E-state index contributed by atoms with van der Waals surface area (Å²) in [5.41, 5.74) is 2.55. The van der Waals surface area contributed by atoms with Crippen LogP contribution in [0.3, 0.4) is 0 Å². The first-order chi connectivity index (χ1) is 10.8. The highest BCUT2D eigenvalue weighted by atomic mass is 16.6. The summed E-state index contributed by atoms with van der Waals surface area (Å²) in [5.74, 6) is 0. The molecule has 0 amide bonds. The molecule has 4 nitrogen and oxygen atoms in total. The quantitative estimate of drug-likeness (QED) is 0.848. The lowest BCUT2D eigenvalue weighted by Crippen LogP contribution is -2.29. The van der Waals surface area contributed by atoms with Crippen molar-refractivity contribution in [3.8, 4) is 0 Å². The van der Waals surface area contributed by atoms with E-state index in [0.717, 1.165) is 0 Å². The Bertz CT molecular complexity index is 678. The SMILES string of the molecule is O[C@@H]1O[C@H]([C@H]2NC2c2ccccc2)[N@]2C(c3ccccc3)C12. The average molecular weight is 294 g/mol. The number of hydrogen-bond donors (Lipinski definition) is 2. The Kier molecular flexibility index (Phi) is 2.69. The third kappa shape index (κ3) is 1.85. The predicted molar refractivity (Wildman–Crippen MR) is 81.8 cm³/mol. The Morgan fingerprint density at radius 1 is 0.909 bits per heavy atom. The summed E-state index contributed by atoms with van der Waals surface area (Å²) < 4.78 is 5.77. The molecule has 2 aromatic carbocycles. The summed E-state index contributed by atoms with van der Waals surface area (Å²) in [6.07, 6.45) is -0.732. The van der Waals surface area contributed by atoms with E-state index in [2.05, 4.69) is 58.7 Å². The highest BCUT2D eigenvalue weighted by Crippen LogP contribution is 2.55. The molecule has 0 bridgehead atoms. The third-order valence-electron chi connectivity index (χ3n) is 4.99. The summed E-state index contributed by atoms with van der Waals surface area (Å²) in [6, 6.07) is 21.8. The monoisotopic (exact) mass is 294 g/mol. The first-order valence-electron chi connectivity index (χ1n) is 7.81. The predicted octanol–water partition coefficient (Wildman–Crippen LogP) is 1.80. The molecule has 3 unspecified atom stereocenters. The van der Waals surface area contributed by atoms with Gasteiger partial charge in [0.15, 0.2) is 6.29 Å². The number of ether oxygens (including phenoxy) is 1. The fourth-order valence-corrected chi connectivity index (χ4v) is 3.84. The summed E-state index contributed by atoms with van der Waals surface area (Å²) >= 11 is 0. The van der Waals surface area contributed by atoms with Crippen LogP contribution in [0.25, 0.3) is 0 Å². The van der Waals surface area contributed by atoms with Gasteiger partial charge in [-0.1, -0.05) is 60.7 Å². The molecule has 0 radical (unpaired) electrons. The molecule has 3 fully saturated rings. The van der Waals surface area contributed by atoms with E-state index in [0.29, 0.717) is 6.04 Å². The molecule has 3 aliphatic rings. The molecule has 0 spiro atoms. The number of benzene rings is 2. The molecule has 112 valence electrons. The Morgan fingerprint density at radius 2 is 1.55 bits per heavy atom. The zero-order valence-corrected chi connectivity index (χ0v) is 12.0. The fourth-order valence-electron chi connectivity index (χ4n) is 3.84. The summed E-state index contributed by atoms with van der Waals surface area (Å²) in [6.45, 7) is 0. The smallest absolute Gasteiger partial charge is 0.174 e. The molecule has 0 saturated carbocycles. The van der Waals surface area contributed by atoms with Crippen LogP contribution in [0.4, 0.5) is 0 Å². The van der Waals surface area contributed by atoms with Crippen molar-refractivity contribution in [1.82, 2.24) is 10.2 Å². The van der Waals surface area contributed by atoms with E-state index in [1.165, 1.54) is 11.1 Å². The Morgan fingerprint density at radius 3 is 2.23 bits per heavy atom. The maximum Gasteiger partial charge on any atom is 0.174 e. The van der Waals surface area contributed by atoms with Gasteiger partial charge in [-0.3, -0.25) is 4.90 Å². The maximum absolute atomic E-state index is 10.2. The normalized spacial score (nSPS) is 42.0. The maximum atomic E-state index is 10.2. The van der Waals surface area contributed by atoms with Crippen LogP contribution in [0.1, 0.15) is 23.2 Å². The van der Waals surface area contributed by atoms with Crippen LogP contribution in [0.15, 0.2) is 60.7 Å². The van der Waals surface area contributed by atoms with Crippen molar-refractivity contribution < 1.29 is 9.84 Å². The summed E-state index contributed by atoms with van der Waals surface area (Å²) in [5, 5.41) is 13.7. The van der Waals surface area contributed by atoms with Crippen LogP contribution in [-0.4, -0.2) is 34.6 Å². The minimum Gasteiger partial charge on any atom is -0.366 e. The van der Waals surface area contributed by atoms with Crippen molar-refractivity contribution in [2.24, 2.45) is 0 Å². The van der Waals surface area contributed by atoms with Gasteiger partial charge in [0.1, 0.15) is 6.23 Å². The van der Waals surface area contributed by atoms with E-state index < -0.39 is 6.29 Å². The van der Waals surface area contributed by atoms with Crippen molar-refractivity contribution in [3.63, 3.8) is 0 Å². The Balaban J connectivity index is 1.35. The highest BCUT2D eigenvalue weighted by molar-refractivity contribution is 5.33. The Labute approximate surface area is 129 Å². The van der Waals surface area contributed by atoms with Gasteiger partial charge in [0.2, 0.25) is 0 Å². The van der Waals surface area contributed by atoms with E-state index in [4.69, 9.17) is 4.74 Å². The van der Waals surface area contributed by atoms with Crippen LogP contribution >= 0.6 is 0 Å². The number of nitrogens with one attached hydrogen (secondary N) is 1. The molecule has 3 saturated heterocycles. The topological polar surface area (TPSA) is 54.4 Å². The van der Waals surface area contributed by atoms with Gasteiger partial charge in [-0.25, -0.2) is 0 Å². The van der Waals surface area contributed by atoms with E-state index in [9.17, 15) is 5.11 Å². The van der Waals surface area contributed by atoms with Crippen molar-refractivity contribution in [1.29, 1.82) is 0 Å². The molecule has 7 atom stereocenters. The van der Waals surface area contributed by atoms with Gasteiger partial charge in [0.25, 0.3) is 0 Å². The number of hydrogen-bond acceptors (Lipinski definition) is 4. The first kappa shape index (κ1) is 12.8. The van der Waals surface area contributed by atoms with Gasteiger partial charge in [0.05, 0.1) is 24.2 Å². The molecule has 22 heavy (non-hydrogen) atoms. The van der Waals surface area contributed by atoms with Crippen LogP contribution in [0.5, 0.6) is 0 Å². The molecule has 4 heteroatoms. The van der Waals surface area contributed by atoms with Gasteiger partial charge >= 0.3 is 0 Å². The summed E-state index contributed by atoms with van der Waals surface area (Å²) in [4.78, 5) is 2.29. The van der Waals surface area contributed by atoms with E-state index in [1.807, 2.05) is 12.1 Å². The van der Waals surface area contributed by atoms with E-state index >= 15 is 0 Å². The largest absolute Gasteiger partial charge is 0.366 e. The second kappa shape index (κ2) is 4.64. The number of nitrogens with zero attached hydrogens (tertiary/aromatic N) is 1. The average Bonchev–Trinajstić information content (AvgIpc) is 3.47. The van der Waals surface area contributed by atoms with Gasteiger partial charge in [-0.2, -0.15) is 0 Å². The van der Waals surface area contributed by atoms with Crippen LogP contribution in [0, 0.1) is 0 Å². The lowest BCUT2D eigenvalue weighted by molar-refractivity contribution is -0.118. The van der Waals surface area contributed by atoms with E-state index in [1.54, 1.807) is 0 Å². The molecule has 2 N–H and O–H groups in total. The molecule has 2 aromatic rings. The zero-order valence-electron chi connectivity index (χ0n) is 12.0. The van der Waals surface area contributed by atoms with Crippen molar-refractivity contribution in [2.75, 3.05) is 0 Å². The van der Waals surface area contributed by atoms with E-state index in [-0.39, 0.29) is 24.4 Å². The third-order valence-corrected chi connectivity index (χ3v) is 4.99. The van der Waals surface area contributed by atoms with Crippen LogP contribution in [-0.2, 0) is 4.74 Å². The number of aliphatic hydroxyl groups is 1. The molecule has 3 heterocycles. The minimum absolute atomic E-state index is 0.0459. The van der Waals surface area contributed by atoms with Crippen molar-refractivity contribution >= 4 is 0 Å². The first-order valence-corrected chi connectivity index (χ1v) is 7.81. The highest BCUT2D eigenvalue weighted by Gasteiger charge is 2.66. The summed E-state index contributed by atoms with van der Waals surface area (Å²) in [7, 11) is 0. The molecule has 5 rings (SSSR count). The number of rotatable bonds is 3. The zero-order chi connectivity index (χ0) is 14.7. The van der Waals surface area contributed by atoms with Gasteiger partial charge < -0.3 is 15.2 Å². The lowest BCUT2D eigenvalue weighted by Gasteiger charge is -2.17. The minimum atomic E-state index is -0.686. The standard InChI is InChI=1S/C18H18N2O2/c21-18-16-15(12-9-5-2-6-10-12)20(16)17(22-18)14-13(19-14)11-7-3-1-4-8-11/h1-10,13-19,21H/t13?,14-,15?,16?,17+,18+,20+/m0/s1. The van der Waals surface area contributed by atoms with Crippen LogP contribution in [0.2, 0.25) is 0 Å².